The number of benzene rings is 1. The maximum atomic E-state index is 12.9. The summed E-state index contributed by atoms with van der Waals surface area (Å²) in [5.41, 5.74) is 5.21. The topological polar surface area (TPSA) is 78.4 Å². The number of fused-ring (bicyclic) bond motifs is 2. The van der Waals surface area contributed by atoms with Crippen LogP contribution in [0.3, 0.4) is 0 Å². The first-order valence-corrected chi connectivity index (χ1v) is 14.0. The van der Waals surface area contributed by atoms with Crippen LogP contribution in [0, 0.1) is 0 Å². The number of aryl methyl sites for hydroxylation is 3. The normalized spacial score (nSPS) is 24.2. The number of aliphatic hydroxyl groups is 1. The van der Waals surface area contributed by atoms with Gasteiger partial charge in [-0.05, 0) is 86.8 Å². The van der Waals surface area contributed by atoms with Gasteiger partial charge in [-0.2, -0.15) is 4.98 Å². The van der Waals surface area contributed by atoms with E-state index in [9.17, 15) is 9.32 Å². The van der Waals surface area contributed by atoms with Crippen LogP contribution in [0.15, 0.2) is 23.1 Å². The summed E-state index contributed by atoms with van der Waals surface area (Å²) in [4.78, 5) is 12.9. The predicted molar refractivity (Wildman–Crippen MR) is 132 cm³/mol. The first kappa shape index (κ1) is 21.5. The first-order chi connectivity index (χ1) is 16.1. The third-order valence-electron chi connectivity index (χ3n) is 8.26. The van der Waals surface area contributed by atoms with E-state index in [-0.39, 0.29) is 12.1 Å². The predicted octanol–water partition coefficient (Wildman–Crippen LogP) is 3.73. The van der Waals surface area contributed by atoms with Crippen LogP contribution in [0.2, 0.25) is 0 Å². The van der Waals surface area contributed by atoms with Crippen molar-refractivity contribution in [2.45, 2.75) is 80.6 Å². The second-order valence-electron chi connectivity index (χ2n) is 10.4. The summed E-state index contributed by atoms with van der Waals surface area (Å²) in [6, 6.07) is 7.17. The molecule has 2 aliphatic heterocycles. The SMILES string of the molecule is O=[S@@]1CCCc2nc(N3CCC(c4ccc5c(c4)CCC5)CC3)nc(NC3(CO)CCC3)c21. The van der Waals surface area contributed by atoms with Crippen LogP contribution in [0.25, 0.3) is 0 Å². The van der Waals surface area contributed by atoms with Crippen LogP contribution in [0.4, 0.5) is 11.8 Å². The van der Waals surface area contributed by atoms with Crippen molar-refractivity contribution in [1.82, 2.24) is 9.97 Å². The highest BCUT2D eigenvalue weighted by atomic mass is 32.2. The van der Waals surface area contributed by atoms with Crippen molar-refractivity contribution >= 4 is 22.6 Å². The highest BCUT2D eigenvalue weighted by molar-refractivity contribution is 7.85. The van der Waals surface area contributed by atoms with Crippen molar-refractivity contribution in [1.29, 1.82) is 0 Å². The molecule has 0 bridgehead atoms. The van der Waals surface area contributed by atoms with Crippen LogP contribution in [0.1, 0.15) is 73.2 Å². The number of aliphatic hydroxyl groups excluding tert-OH is 1. The quantitative estimate of drug-likeness (QED) is 0.699. The molecule has 0 unspecified atom stereocenters. The number of aromatic nitrogens is 2. The van der Waals surface area contributed by atoms with E-state index in [1.807, 2.05) is 0 Å². The smallest absolute Gasteiger partial charge is 0.227 e. The molecule has 2 aliphatic carbocycles. The Morgan fingerprint density at radius 1 is 1.06 bits per heavy atom. The molecule has 1 aromatic carbocycles. The number of hydrogen-bond acceptors (Lipinski definition) is 6. The Morgan fingerprint density at radius 3 is 2.64 bits per heavy atom. The van der Waals surface area contributed by atoms with Gasteiger partial charge in [-0.1, -0.05) is 18.2 Å². The van der Waals surface area contributed by atoms with Gasteiger partial charge in [0.05, 0.1) is 28.6 Å². The van der Waals surface area contributed by atoms with Gasteiger partial charge in [0.2, 0.25) is 5.95 Å². The van der Waals surface area contributed by atoms with E-state index in [0.29, 0.717) is 17.5 Å². The van der Waals surface area contributed by atoms with Crippen LogP contribution in [-0.4, -0.2) is 50.3 Å². The summed E-state index contributed by atoms with van der Waals surface area (Å²) < 4.78 is 12.9. The van der Waals surface area contributed by atoms with Gasteiger partial charge in [0.25, 0.3) is 0 Å². The zero-order valence-electron chi connectivity index (χ0n) is 19.3. The largest absolute Gasteiger partial charge is 0.394 e. The molecule has 1 aromatic heterocycles. The molecular weight excluding hydrogens is 432 g/mol. The zero-order chi connectivity index (χ0) is 22.4. The van der Waals surface area contributed by atoms with E-state index in [1.165, 1.54) is 24.8 Å². The Morgan fingerprint density at radius 2 is 1.88 bits per heavy atom. The molecular formula is C26H34N4O2S. The molecule has 1 saturated carbocycles. The van der Waals surface area contributed by atoms with Crippen molar-refractivity contribution in [2.24, 2.45) is 0 Å². The minimum absolute atomic E-state index is 0.0833. The number of anilines is 2. The van der Waals surface area contributed by atoms with E-state index in [2.05, 4.69) is 28.4 Å². The van der Waals surface area contributed by atoms with Gasteiger partial charge in [0, 0.05) is 18.8 Å². The van der Waals surface area contributed by atoms with E-state index in [4.69, 9.17) is 9.97 Å². The summed E-state index contributed by atoms with van der Waals surface area (Å²) in [6.07, 6.45) is 10.7. The minimum atomic E-state index is -1.07. The summed E-state index contributed by atoms with van der Waals surface area (Å²) >= 11 is 0. The summed E-state index contributed by atoms with van der Waals surface area (Å²) in [7, 11) is -1.07. The maximum absolute atomic E-state index is 12.9. The molecule has 0 radical (unpaired) electrons. The van der Waals surface area contributed by atoms with Crippen LogP contribution in [0.5, 0.6) is 0 Å². The van der Waals surface area contributed by atoms with Gasteiger partial charge in [-0.25, -0.2) is 4.98 Å². The summed E-state index contributed by atoms with van der Waals surface area (Å²) in [5.74, 6) is 2.72. The Kier molecular flexibility index (Phi) is 5.65. The number of nitrogens with zero attached hydrogens (tertiary/aromatic N) is 3. The van der Waals surface area contributed by atoms with Crippen LogP contribution in [-0.2, 0) is 30.1 Å². The molecule has 3 heterocycles. The molecule has 33 heavy (non-hydrogen) atoms. The van der Waals surface area contributed by atoms with E-state index in [0.717, 1.165) is 74.6 Å². The molecule has 2 aromatic rings. The first-order valence-electron chi connectivity index (χ1n) is 12.7. The molecule has 2 fully saturated rings. The Labute approximate surface area is 198 Å². The molecule has 2 N–H and O–H groups in total. The van der Waals surface area contributed by atoms with Crippen molar-refractivity contribution in [3.63, 3.8) is 0 Å². The van der Waals surface area contributed by atoms with E-state index in [1.54, 1.807) is 11.1 Å². The van der Waals surface area contributed by atoms with Crippen molar-refractivity contribution in [3.8, 4) is 0 Å². The molecule has 0 spiro atoms. The lowest BCUT2D eigenvalue weighted by Gasteiger charge is -2.42. The second-order valence-corrected chi connectivity index (χ2v) is 11.9. The fraction of sp³-hybridized carbons (Fsp3) is 0.615. The van der Waals surface area contributed by atoms with Crippen molar-refractivity contribution < 1.29 is 9.32 Å². The molecule has 7 heteroatoms. The molecule has 1 atom stereocenters. The zero-order valence-corrected chi connectivity index (χ0v) is 20.1. The van der Waals surface area contributed by atoms with Gasteiger partial charge in [-0.15, -0.1) is 0 Å². The average molecular weight is 467 g/mol. The summed E-state index contributed by atoms with van der Waals surface area (Å²) in [5, 5.41) is 13.5. The van der Waals surface area contributed by atoms with Crippen molar-refractivity contribution in [3.05, 3.63) is 40.6 Å². The standard InChI is InChI=1S/C26H34N4O2S/c31-17-26(11-3-12-26)29-24-23-22(6-2-15-33(23)32)27-25(28-24)30-13-9-19(10-14-30)21-8-7-18-4-1-5-20(18)16-21/h7-8,16,19,31H,1-6,9-15,17H2,(H,27,28,29)/t33-/m1/s1. The van der Waals surface area contributed by atoms with Gasteiger partial charge in [0.15, 0.2) is 0 Å². The lowest BCUT2D eigenvalue weighted by molar-refractivity contribution is 0.143. The minimum Gasteiger partial charge on any atom is -0.394 e. The summed E-state index contributed by atoms with van der Waals surface area (Å²) in [6.45, 7) is 1.96. The molecule has 6 nitrogen and oxygen atoms in total. The second kappa shape index (κ2) is 8.66. The molecule has 176 valence electrons. The number of piperidine rings is 1. The Hall–Kier alpha value is -1.99. The van der Waals surface area contributed by atoms with Crippen molar-refractivity contribution in [2.75, 3.05) is 35.7 Å². The van der Waals surface area contributed by atoms with Gasteiger partial charge >= 0.3 is 0 Å². The van der Waals surface area contributed by atoms with E-state index < -0.39 is 10.8 Å². The molecule has 1 saturated heterocycles. The highest BCUT2D eigenvalue weighted by Gasteiger charge is 2.38. The highest BCUT2D eigenvalue weighted by Crippen LogP contribution is 2.39. The van der Waals surface area contributed by atoms with Gasteiger partial charge in [-0.3, -0.25) is 4.21 Å². The Bertz CT molecular complexity index is 1070. The molecule has 0 amide bonds. The van der Waals surface area contributed by atoms with E-state index >= 15 is 0 Å². The third-order valence-corrected chi connectivity index (χ3v) is 9.81. The number of hydrogen-bond donors (Lipinski definition) is 2. The average Bonchev–Trinajstić information content (AvgIpc) is 3.29. The molecule has 6 rings (SSSR count). The fourth-order valence-electron chi connectivity index (χ4n) is 6.03. The monoisotopic (exact) mass is 466 g/mol. The van der Waals surface area contributed by atoms with Crippen LogP contribution < -0.4 is 10.2 Å². The maximum Gasteiger partial charge on any atom is 0.227 e. The lowest BCUT2D eigenvalue weighted by Crippen LogP contribution is -2.49. The third kappa shape index (κ3) is 3.97. The Balaban J connectivity index is 1.23. The number of rotatable bonds is 5. The van der Waals surface area contributed by atoms with Crippen LogP contribution >= 0.6 is 0 Å². The number of nitrogens with one attached hydrogen (secondary N) is 1. The fourth-order valence-corrected chi connectivity index (χ4v) is 7.36. The van der Waals surface area contributed by atoms with Gasteiger partial charge in [0.1, 0.15) is 10.7 Å². The van der Waals surface area contributed by atoms with Gasteiger partial charge < -0.3 is 15.3 Å². The molecule has 4 aliphatic rings. The lowest BCUT2D eigenvalue weighted by atomic mass is 9.77.